The van der Waals surface area contributed by atoms with Crippen molar-refractivity contribution in [2.75, 3.05) is 50.7 Å². The Balaban J connectivity index is 0.00000387. The third-order valence-electron chi connectivity index (χ3n) is 7.15. The molecule has 0 aromatic heterocycles. The number of amides is 1. The summed E-state index contributed by atoms with van der Waals surface area (Å²) in [5, 5.41) is 15.6. The Kier molecular flexibility index (Phi) is 11.2. The number of unbranched alkanes of at least 4 members (excludes halogenated alkanes) is 1. The molecule has 2 aliphatic heterocycles. The number of methoxy groups -OCH3 is 1. The average molecular weight is 660 g/mol. The van der Waals surface area contributed by atoms with Crippen LogP contribution < -0.4 is 14.4 Å². The number of hydrogen-bond donors (Lipinski definition) is 2. The van der Waals surface area contributed by atoms with Crippen molar-refractivity contribution in [1.29, 1.82) is 0 Å². The molecule has 218 valence electrons. The Morgan fingerprint density at radius 3 is 2.34 bits per heavy atom. The second-order valence-corrected chi connectivity index (χ2v) is 12.3. The maximum Gasteiger partial charge on any atom is 0.258 e. The van der Waals surface area contributed by atoms with Crippen molar-refractivity contribution in [2.24, 2.45) is 0 Å². The largest absolute Gasteiger partial charge is 0.506 e. The van der Waals surface area contributed by atoms with Crippen molar-refractivity contribution in [3.8, 4) is 11.5 Å². The van der Waals surface area contributed by atoms with Gasteiger partial charge in [0.05, 0.1) is 17.3 Å². The molecule has 1 amide bonds. The number of allylic oxidation sites excluding steroid dienone is 1. The van der Waals surface area contributed by atoms with Crippen molar-refractivity contribution >= 4 is 56.0 Å². The second kappa shape index (κ2) is 14.8. The standard InChI is InChI=1S/C31H35BrN4O3S.ClH/c1-39-27-15-14-26(32)30(37)29(27)31(38)33-17-8-9-18-34-19-21-35(22-20-34)28-16-23-40(25-12-6-3-7-13-25)36(28)24-10-4-2-5-11-24;/h2-7,10-16,23,37H,8-9,17-22H2,1H3,(H,33,38);1H. The van der Waals surface area contributed by atoms with Crippen LogP contribution >= 0.6 is 39.0 Å². The van der Waals surface area contributed by atoms with Crippen LogP contribution in [0.2, 0.25) is 0 Å². The van der Waals surface area contributed by atoms with E-state index < -0.39 is 0 Å². The zero-order valence-corrected chi connectivity index (χ0v) is 26.3. The third kappa shape index (κ3) is 7.27. The number of hydrogen-bond acceptors (Lipinski definition) is 6. The molecule has 2 N–H and O–H groups in total. The Labute approximate surface area is 259 Å². The second-order valence-electron chi connectivity index (χ2n) is 9.68. The minimum Gasteiger partial charge on any atom is -0.506 e. The van der Waals surface area contributed by atoms with E-state index >= 15 is 0 Å². The fraction of sp³-hybridized carbons (Fsp3) is 0.290. The number of phenolic OH excluding ortho intramolecular Hbond substituents is 1. The summed E-state index contributed by atoms with van der Waals surface area (Å²) in [5.41, 5.74) is 1.37. The van der Waals surface area contributed by atoms with Gasteiger partial charge in [-0.05, 0) is 83.2 Å². The summed E-state index contributed by atoms with van der Waals surface area (Å²) in [6.07, 6.45) is 4.15. The number of halogens is 2. The predicted octanol–water partition coefficient (Wildman–Crippen LogP) is 6.12. The first kappa shape index (κ1) is 31.0. The zero-order valence-electron chi connectivity index (χ0n) is 23.0. The van der Waals surface area contributed by atoms with Gasteiger partial charge in [-0.2, -0.15) is 0 Å². The van der Waals surface area contributed by atoms with Crippen LogP contribution in [0, 0.1) is 0 Å². The summed E-state index contributed by atoms with van der Waals surface area (Å²) in [6, 6.07) is 24.7. The van der Waals surface area contributed by atoms with E-state index in [1.165, 1.54) is 23.5 Å². The average Bonchev–Trinajstić information content (AvgIpc) is 3.44. The fourth-order valence-corrected chi connectivity index (χ4v) is 7.26. The van der Waals surface area contributed by atoms with E-state index in [4.69, 9.17) is 4.74 Å². The minimum absolute atomic E-state index is 0. The Bertz CT molecular complexity index is 1380. The molecule has 0 aliphatic carbocycles. The van der Waals surface area contributed by atoms with Crippen molar-refractivity contribution in [3.05, 3.63) is 94.7 Å². The summed E-state index contributed by atoms with van der Waals surface area (Å²) in [4.78, 5) is 19.0. The highest BCUT2D eigenvalue weighted by Gasteiger charge is 2.28. The maximum atomic E-state index is 12.7. The van der Waals surface area contributed by atoms with Crippen LogP contribution in [-0.2, 0) is 0 Å². The molecule has 2 aliphatic rings. The van der Waals surface area contributed by atoms with Gasteiger partial charge in [-0.15, -0.1) is 12.4 Å². The molecule has 0 spiro atoms. The number of carbonyl (C=O) groups is 1. The van der Waals surface area contributed by atoms with Crippen molar-refractivity contribution < 1.29 is 14.6 Å². The molecule has 3 aromatic rings. The van der Waals surface area contributed by atoms with Gasteiger partial charge < -0.3 is 20.1 Å². The van der Waals surface area contributed by atoms with Crippen molar-refractivity contribution in [2.45, 2.75) is 17.7 Å². The number of nitrogens with one attached hydrogen (secondary N) is 1. The molecule has 1 unspecified atom stereocenters. The smallest absolute Gasteiger partial charge is 0.258 e. The van der Waals surface area contributed by atoms with Crippen molar-refractivity contribution in [3.63, 3.8) is 0 Å². The Morgan fingerprint density at radius 1 is 0.976 bits per heavy atom. The van der Waals surface area contributed by atoms with Gasteiger partial charge in [-0.25, -0.2) is 0 Å². The molecule has 0 saturated carbocycles. The van der Waals surface area contributed by atoms with E-state index in [1.54, 1.807) is 12.1 Å². The maximum absolute atomic E-state index is 12.7. The number of anilines is 1. The van der Waals surface area contributed by atoms with E-state index in [0.717, 1.165) is 45.6 Å². The SMILES string of the molecule is COc1ccc(Br)c(O)c1C(=O)NCCCCN1CCN(C2=CC=S(c3ccccc3)N2c2ccccc2)CC1.Cl. The number of piperazine rings is 1. The molecular weight excluding hydrogens is 624 g/mol. The number of carbonyl (C=O) groups excluding carboxylic acids is 1. The first-order valence-corrected chi connectivity index (χ1v) is 15.6. The van der Waals surface area contributed by atoms with Gasteiger partial charge >= 0.3 is 0 Å². The summed E-state index contributed by atoms with van der Waals surface area (Å²) in [6.45, 7) is 5.52. The summed E-state index contributed by atoms with van der Waals surface area (Å²) in [5.74, 6) is 1.19. The summed E-state index contributed by atoms with van der Waals surface area (Å²) < 4.78 is 8.20. The third-order valence-corrected chi connectivity index (χ3v) is 9.73. The van der Waals surface area contributed by atoms with Crippen LogP contribution in [0.15, 0.2) is 94.1 Å². The minimum atomic E-state index is -0.330. The molecular formula is C31H36BrClN4O3S. The van der Waals surface area contributed by atoms with Gasteiger partial charge in [0, 0.05) is 37.6 Å². The van der Waals surface area contributed by atoms with Crippen LogP contribution in [-0.4, -0.2) is 72.6 Å². The van der Waals surface area contributed by atoms with Crippen LogP contribution in [0.1, 0.15) is 23.2 Å². The quantitative estimate of drug-likeness (QED) is 0.202. The van der Waals surface area contributed by atoms with Crippen LogP contribution in [0.3, 0.4) is 0 Å². The van der Waals surface area contributed by atoms with E-state index in [0.29, 0.717) is 16.8 Å². The number of aromatic hydroxyl groups is 1. The molecule has 1 atom stereocenters. The topological polar surface area (TPSA) is 68.3 Å². The molecule has 0 radical (unpaired) electrons. The highest BCUT2D eigenvalue weighted by Crippen LogP contribution is 2.42. The number of phenols is 1. The van der Waals surface area contributed by atoms with Crippen LogP contribution in [0.25, 0.3) is 0 Å². The van der Waals surface area contributed by atoms with Crippen LogP contribution in [0.4, 0.5) is 5.69 Å². The van der Waals surface area contributed by atoms with Crippen LogP contribution in [0.5, 0.6) is 11.5 Å². The lowest BCUT2D eigenvalue weighted by Gasteiger charge is -2.40. The van der Waals surface area contributed by atoms with E-state index in [9.17, 15) is 9.90 Å². The number of benzene rings is 3. The number of rotatable bonds is 10. The molecule has 1 saturated heterocycles. The monoisotopic (exact) mass is 658 g/mol. The lowest BCUT2D eigenvalue weighted by molar-refractivity contribution is 0.0946. The highest BCUT2D eigenvalue weighted by molar-refractivity contribution is 9.10. The van der Waals surface area contributed by atoms with Crippen molar-refractivity contribution in [1.82, 2.24) is 15.1 Å². The normalized spacial score (nSPS) is 16.9. The molecule has 1 fully saturated rings. The molecule has 3 aromatic carbocycles. The summed E-state index contributed by atoms with van der Waals surface area (Å²) >= 11 is 3.27. The number of ether oxygens (including phenoxy) is 1. The first-order valence-electron chi connectivity index (χ1n) is 13.6. The lowest BCUT2D eigenvalue weighted by atomic mass is 10.1. The van der Waals surface area contributed by atoms with Gasteiger partial charge in [0.1, 0.15) is 22.9 Å². The predicted molar refractivity (Wildman–Crippen MR) is 175 cm³/mol. The van der Waals surface area contributed by atoms with E-state index in [2.05, 4.69) is 107 Å². The first-order chi connectivity index (χ1) is 19.6. The highest BCUT2D eigenvalue weighted by atomic mass is 79.9. The molecule has 5 rings (SSSR count). The van der Waals surface area contributed by atoms with Gasteiger partial charge in [0.2, 0.25) is 0 Å². The number of para-hydroxylation sites is 1. The van der Waals surface area contributed by atoms with E-state index in [1.807, 2.05) is 0 Å². The Hall–Kier alpha value is -2.98. The number of nitrogens with zero attached hydrogens (tertiary/aromatic N) is 3. The van der Waals surface area contributed by atoms with Gasteiger partial charge in [-0.3, -0.25) is 14.0 Å². The van der Waals surface area contributed by atoms with Gasteiger partial charge in [-0.1, -0.05) is 47.1 Å². The van der Waals surface area contributed by atoms with E-state index in [-0.39, 0.29) is 40.3 Å². The molecule has 2 heterocycles. The summed E-state index contributed by atoms with van der Waals surface area (Å²) in [7, 11) is 1.34. The van der Waals surface area contributed by atoms with Gasteiger partial charge in [0.25, 0.3) is 5.91 Å². The fourth-order valence-electron chi connectivity index (χ4n) is 5.03. The molecule has 7 nitrogen and oxygen atoms in total. The lowest BCUT2D eigenvalue weighted by Crippen LogP contribution is -2.48. The van der Waals surface area contributed by atoms with Gasteiger partial charge in [0.15, 0.2) is 0 Å². The Morgan fingerprint density at radius 2 is 1.66 bits per heavy atom. The molecule has 0 bridgehead atoms. The zero-order chi connectivity index (χ0) is 27.9. The molecule has 41 heavy (non-hydrogen) atoms. The molecule has 10 heteroatoms.